The van der Waals surface area contributed by atoms with Crippen LogP contribution in [0.2, 0.25) is 0 Å². The number of carbonyl (C=O) groups excluding carboxylic acids is 1. The van der Waals surface area contributed by atoms with Crippen molar-refractivity contribution in [3.05, 3.63) is 40.3 Å². The van der Waals surface area contributed by atoms with Crippen LogP contribution in [0.15, 0.2) is 38.4 Å². The number of benzene rings is 1. The van der Waals surface area contributed by atoms with Gasteiger partial charge in [0, 0.05) is 24.9 Å². The van der Waals surface area contributed by atoms with Gasteiger partial charge in [0.15, 0.2) is 0 Å². The van der Waals surface area contributed by atoms with Crippen LogP contribution in [-0.2, 0) is 9.63 Å². The van der Waals surface area contributed by atoms with Crippen molar-refractivity contribution < 1.29 is 28.0 Å². The molecule has 0 bridgehead atoms. The first-order valence-corrected chi connectivity index (χ1v) is 10.5. The van der Waals surface area contributed by atoms with E-state index in [9.17, 15) is 9.18 Å². The molecule has 0 saturated heterocycles. The van der Waals surface area contributed by atoms with Crippen LogP contribution >= 0.6 is 15.9 Å². The Bertz CT molecular complexity index is 996. The molecule has 12 heteroatoms. The predicted octanol–water partition coefficient (Wildman–Crippen LogP) is 3.01. The Kier molecular flexibility index (Phi) is 6.01. The lowest BCUT2D eigenvalue weighted by atomic mass is 10.1. The first-order valence-electron chi connectivity index (χ1n) is 9.66. The summed E-state index contributed by atoms with van der Waals surface area (Å²) in [4.78, 5) is 16.2. The van der Waals surface area contributed by atoms with E-state index in [-0.39, 0.29) is 11.2 Å². The molecule has 1 aliphatic heterocycles. The van der Waals surface area contributed by atoms with Crippen LogP contribution in [0.1, 0.15) is 32.4 Å². The van der Waals surface area contributed by atoms with E-state index in [0.717, 1.165) is 18.1 Å². The maximum Gasteiger partial charge on any atom is 0.326 e. The summed E-state index contributed by atoms with van der Waals surface area (Å²) in [7, 11) is 0. The summed E-state index contributed by atoms with van der Waals surface area (Å²) in [6.45, 7) is 4.40. The lowest BCUT2D eigenvalue weighted by Gasteiger charge is -2.24. The molecule has 1 N–H and O–H groups in total. The number of amidine groups is 1. The summed E-state index contributed by atoms with van der Waals surface area (Å²) in [5.74, 6) is 0.658. The first-order chi connectivity index (χ1) is 14.9. The predicted molar refractivity (Wildman–Crippen MR) is 109 cm³/mol. The molecule has 10 nitrogen and oxygen atoms in total. The van der Waals surface area contributed by atoms with E-state index in [0.29, 0.717) is 47.5 Å². The summed E-state index contributed by atoms with van der Waals surface area (Å²) in [6, 6.07) is 5.94. The SMILES string of the molecule is CCN1C(c2cc(OCC3(COc4cc(F)ccc4Br)CC3)no2)=NNN1OC(C)=O. The fraction of sp³-hybridized carbons (Fsp3) is 0.421. The minimum absolute atomic E-state index is 0.154. The molecule has 1 saturated carbocycles. The second kappa shape index (κ2) is 8.71. The molecule has 4 rings (SSSR count). The monoisotopic (exact) mass is 497 g/mol. The number of ether oxygens (including phenoxy) is 2. The van der Waals surface area contributed by atoms with Gasteiger partial charge in [-0.2, -0.15) is 5.53 Å². The van der Waals surface area contributed by atoms with Gasteiger partial charge in [-0.25, -0.2) is 9.40 Å². The van der Waals surface area contributed by atoms with Crippen LogP contribution in [0.3, 0.4) is 0 Å². The topological polar surface area (TPSA) is 102 Å². The normalized spacial score (nSPS) is 17.2. The van der Waals surface area contributed by atoms with Crippen molar-refractivity contribution in [3.8, 4) is 11.6 Å². The highest BCUT2D eigenvalue weighted by Gasteiger charge is 2.45. The Balaban J connectivity index is 1.33. The van der Waals surface area contributed by atoms with Gasteiger partial charge in [-0.1, -0.05) is 0 Å². The maximum absolute atomic E-state index is 13.4. The third-order valence-electron chi connectivity index (χ3n) is 4.84. The van der Waals surface area contributed by atoms with Crippen molar-refractivity contribution in [1.82, 2.24) is 21.0 Å². The maximum atomic E-state index is 13.4. The van der Waals surface area contributed by atoms with E-state index < -0.39 is 5.97 Å². The number of carbonyl (C=O) groups is 1. The molecule has 166 valence electrons. The number of nitrogens with one attached hydrogen (secondary N) is 1. The number of halogens is 2. The van der Waals surface area contributed by atoms with Crippen LogP contribution in [0.4, 0.5) is 4.39 Å². The summed E-state index contributed by atoms with van der Waals surface area (Å²) in [5, 5.41) is 10.7. The van der Waals surface area contributed by atoms with E-state index in [1.165, 1.54) is 19.1 Å². The molecule has 2 aliphatic rings. The zero-order valence-electron chi connectivity index (χ0n) is 16.9. The number of hydrogen-bond donors (Lipinski definition) is 1. The molecule has 1 aliphatic carbocycles. The van der Waals surface area contributed by atoms with Crippen LogP contribution in [0.25, 0.3) is 0 Å². The lowest BCUT2D eigenvalue weighted by molar-refractivity contribution is -0.261. The van der Waals surface area contributed by atoms with E-state index in [1.807, 2.05) is 6.92 Å². The largest absolute Gasteiger partial charge is 0.492 e. The Morgan fingerprint density at radius 3 is 2.81 bits per heavy atom. The van der Waals surface area contributed by atoms with Crippen LogP contribution in [-0.4, -0.2) is 47.0 Å². The highest BCUT2D eigenvalue weighted by atomic mass is 79.9. The first kappa shape index (κ1) is 21.4. The molecule has 0 spiro atoms. The van der Waals surface area contributed by atoms with E-state index in [2.05, 4.69) is 31.7 Å². The second-order valence-electron chi connectivity index (χ2n) is 7.29. The Labute approximate surface area is 185 Å². The summed E-state index contributed by atoms with van der Waals surface area (Å²) >= 11 is 3.36. The van der Waals surface area contributed by atoms with Gasteiger partial charge in [0.1, 0.15) is 11.6 Å². The number of nitrogens with zero attached hydrogens (tertiary/aromatic N) is 4. The van der Waals surface area contributed by atoms with Crippen molar-refractivity contribution in [2.45, 2.75) is 26.7 Å². The zero-order chi connectivity index (χ0) is 22.0. The Hall–Kier alpha value is -2.86. The molecule has 2 heterocycles. The molecular formula is C19H21BrFN5O5. The smallest absolute Gasteiger partial charge is 0.326 e. The van der Waals surface area contributed by atoms with Crippen LogP contribution < -0.4 is 15.0 Å². The van der Waals surface area contributed by atoms with Crippen molar-refractivity contribution >= 4 is 27.7 Å². The summed E-state index contributed by atoms with van der Waals surface area (Å²) < 4.78 is 31.1. The van der Waals surface area contributed by atoms with E-state index >= 15 is 0 Å². The molecule has 0 amide bonds. The molecule has 1 aromatic heterocycles. The second-order valence-corrected chi connectivity index (χ2v) is 8.14. The van der Waals surface area contributed by atoms with E-state index in [1.54, 1.807) is 17.1 Å². The fourth-order valence-electron chi connectivity index (χ4n) is 2.93. The molecule has 1 aromatic carbocycles. The minimum Gasteiger partial charge on any atom is -0.492 e. The zero-order valence-corrected chi connectivity index (χ0v) is 18.5. The Morgan fingerprint density at radius 1 is 1.32 bits per heavy atom. The van der Waals surface area contributed by atoms with Crippen LogP contribution in [0.5, 0.6) is 11.6 Å². The number of hydrazine groups is 2. The standard InChI is InChI=1S/C19H21BrFN5O5/c1-3-25-18(22-24-26(25)31-12(2)27)16-9-17(23-30-16)29-11-19(6-7-19)10-28-15-8-13(21)4-5-14(15)20/h4-5,8-9,24H,3,6-7,10-11H2,1-2H3. The van der Waals surface area contributed by atoms with Gasteiger partial charge in [-0.05, 0) is 53.0 Å². The third-order valence-corrected chi connectivity index (χ3v) is 5.49. The van der Waals surface area contributed by atoms with Gasteiger partial charge in [-0.15, -0.1) is 5.10 Å². The van der Waals surface area contributed by atoms with Gasteiger partial charge >= 0.3 is 5.97 Å². The van der Waals surface area contributed by atoms with Crippen molar-refractivity contribution in [2.24, 2.45) is 10.5 Å². The molecular weight excluding hydrogens is 477 g/mol. The molecule has 2 aromatic rings. The number of hydrazone groups is 1. The molecule has 0 unspecified atom stereocenters. The third kappa shape index (κ3) is 4.90. The van der Waals surface area contributed by atoms with Crippen molar-refractivity contribution in [2.75, 3.05) is 19.8 Å². The molecule has 31 heavy (non-hydrogen) atoms. The van der Waals surface area contributed by atoms with E-state index in [4.69, 9.17) is 18.8 Å². The van der Waals surface area contributed by atoms with Gasteiger partial charge in [0.2, 0.25) is 11.6 Å². The summed E-state index contributed by atoms with van der Waals surface area (Å²) in [6.07, 6.45) is 1.87. The van der Waals surface area contributed by atoms with Gasteiger partial charge in [-0.3, -0.25) is 4.79 Å². The van der Waals surface area contributed by atoms with Crippen molar-refractivity contribution in [1.29, 1.82) is 0 Å². The average molecular weight is 498 g/mol. The number of aromatic nitrogens is 1. The lowest BCUT2D eigenvalue weighted by Crippen LogP contribution is -2.46. The Morgan fingerprint density at radius 2 is 2.10 bits per heavy atom. The summed E-state index contributed by atoms with van der Waals surface area (Å²) in [5.41, 5.74) is 2.43. The molecule has 1 fully saturated rings. The van der Waals surface area contributed by atoms with Crippen LogP contribution in [0, 0.1) is 11.2 Å². The number of hydrogen-bond acceptors (Lipinski definition) is 10. The fourth-order valence-corrected chi connectivity index (χ4v) is 3.29. The molecule has 0 atom stereocenters. The highest BCUT2D eigenvalue weighted by molar-refractivity contribution is 9.10. The number of rotatable bonds is 9. The van der Waals surface area contributed by atoms with Crippen molar-refractivity contribution in [3.63, 3.8) is 0 Å². The van der Waals surface area contributed by atoms with Gasteiger partial charge in [0.05, 0.1) is 29.0 Å². The quantitative estimate of drug-likeness (QED) is 0.559. The minimum atomic E-state index is -0.494. The van der Waals surface area contributed by atoms with Gasteiger partial charge in [0.25, 0.3) is 5.88 Å². The highest BCUT2D eigenvalue weighted by Crippen LogP contribution is 2.46. The average Bonchev–Trinajstić information content (AvgIpc) is 3.16. The molecule has 0 radical (unpaired) electrons. The van der Waals surface area contributed by atoms with Gasteiger partial charge < -0.3 is 18.8 Å².